The summed E-state index contributed by atoms with van der Waals surface area (Å²) in [6.07, 6.45) is 5.26. The summed E-state index contributed by atoms with van der Waals surface area (Å²) in [5, 5.41) is 8.05. The van der Waals surface area contributed by atoms with E-state index in [0.29, 0.717) is 5.95 Å². The van der Waals surface area contributed by atoms with Crippen LogP contribution in [0.25, 0.3) is 5.95 Å². The third-order valence-electron chi connectivity index (χ3n) is 3.81. The molecule has 2 aromatic rings. The molecule has 0 aliphatic heterocycles. The van der Waals surface area contributed by atoms with Crippen molar-refractivity contribution in [1.29, 1.82) is 0 Å². The van der Waals surface area contributed by atoms with Gasteiger partial charge in [-0.2, -0.15) is 5.10 Å². The van der Waals surface area contributed by atoms with Crippen LogP contribution < -0.4 is 5.73 Å². The van der Waals surface area contributed by atoms with E-state index in [4.69, 9.17) is 5.73 Å². The van der Waals surface area contributed by atoms with Gasteiger partial charge >= 0.3 is 0 Å². The molecule has 0 bridgehead atoms. The van der Waals surface area contributed by atoms with Gasteiger partial charge in [-0.3, -0.25) is 4.57 Å². The fourth-order valence-electron chi connectivity index (χ4n) is 3.07. The highest BCUT2D eigenvalue weighted by atomic mass is 15.3. The third-order valence-corrected chi connectivity index (χ3v) is 3.81. The SMILES string of the molecule is Cc1cc2c(n1-c1nccnn1)CC(C)(C)CC2N. The first-order valence-electron chi connectivity index (χ1n) is 6.59. The standard InChI is InChI=1S/C14H19N5/c1-9-6-10-11(15)7-14(2,3)8-12(10)19(9)13-16-4-5-17-18-13/h4-6,11H,7-8,15H2,1-3H3. The summed E-state index contributed by atoms with van der Waals surface area (Å²) in [5.41, 5.74) is 10.1. The normalized spacial score (nSPS) is 21.2. The van der Waals surface area contributed by atoms with Gasteiger partial charge in [-0.1, -0.05) is 13.8 Å². The summed E-state index contributed by atoms with van der Waals surface area (Å²) in [6.45, 7) is 6.58. The summed E-state index contributed by atoms with van der Waals surface area (Å²) in [6, 6.07) is 2.25. The van der Waals surface area contributed by atoms with E-state index in [1.54, 1.807) is 12.4 Å². The number of hydrogen-bond acceptors (Lipinski definition) is 4. The zero-order valence-electron chi connectivity index (χ0n) is 11.6. The first-order chi connectivity index (χ1) is 8.98. The Morgan fingerprint density at radius 2 is 2.16 bits per heavy atom. The van der Waals surface area contributed by atoms with Gasteiger partial charge in [0.1, 0.15) is 0 Å². The fourth-order valence-corrected chi connectivity index (χ4v) is 3.07. The van der Waals surface area contributed by atoms with E-state index in [-0.39, 0.29) is 11.5 Å². The Morgan fingerprint density at radius 3 is 2.84 bits per heavy atom. The number of aromatic nitrogens is 4. The Hall–Kier alpha value is -1.75. The lowest BCUT2D eigenvalue weighted by atomic mass is 9.74. The van der Waals surface area contributed by atoms with E-state index in [9.17, 15) is 0 Å². The van der Waals surface area contributed by atoms with Crippen molar-refractivity contribution in [2.45, 2.75) is 39.7 Å². The maximum atomic E-state index is 6.31. The smallest absolute Gasteiger partial charge is 0.253 e. The Balaban J connectivity index is 2.18. The average molecular weight is 257 g/mol. The average Bonchev–Trinajstić information content (AvgIpc) is 2.65. The predicted molar refractivity (Wildman–Crippen MR) is 72.9 cm³/mol. The molecular formula is C14H19N5. The highest BCUT2D eigenvalue weighted by molar-refractivity contribution is 5.38. The lowest BCUT2D eigenvalue weighted by Crippen LogP contribution is -2.30. The van der Waals surface area contributed by atoms with Crippen molar-refractivity contribution in [3.63, 3.8) is 0 Å². The summed E-state index contributed by atoms with van der Waals surface area (Å²) >= 11 is 0. The highest BCUT2D eigenvalue weighted by Gasteiger charge is 2.33. The van der Waals surface area contributed by atoms with Gasteiger partial charge in [0.15, 0.2) is 0 Å². The van der Waals surface area contributed by atoms with Crippen LogP contribution in [0.1, 0.15) is 43.3 Å². The zero-order valence-corrected chi connectivity index (χ0v) is 11.6. The molecule has 100 valence electrons. The topological polar surface area (TPSA) is 69.6 Å². The molecule has 1 unspecified atom stereocenters. The maximum Gasteiger partial charge on any atom is 0.253 e. The second kappa shape index (κ2) is 4.13. The van der Waals surface area contributed by atoms with Crippen LogP contribution in [0.5, 0.6) is 0 Å². The van der Waals surface area contributed by atoms with Crippen molar-refractivity contribution < 1.29 is 0 Å². The molecule has 1 aliphatic rings. The van der Waals surface area contributed by atoms with E-state index >= 15 is 0 Å². The van der Waals surface area contributed by atoms with Gasteiger partial charge in [-0.25, -0.2) is 4.98 Å². The molecule has 5 heteroatoms. The van der Waals surface area contributed by atoms with Crippen LogP contribution in [0.4, 0.5) is 0 Å². The van der Waals surface area contributed by atoms with Crippen LogP contribution in [-0.2, 0) is 6.42 Å². The maximum absolute atomic E-state index is 6.31. The fraction of sp³-hybridized carbons (Fsp3) is 0.500. The Kier molecular flexibility index (Phi) is 2.67. The molecule has 2 N–H and O–H groups in total. The van der Waals surface area contributed by atoms with Crippen molar-refractivity contribution >= 4 is 0 Å². The van der Waals surface area contributed by atoms with E-state index in [1.165, 1.54) is 11.3 Å². The van der Waals surface area contributed by atoms with Crippen molar-refractivity contribution in [1.82, 2.24) is 19.7 Å². The van der Waals surface area contributed by atoms with Gasteiger partial charge < -0.3 is 5.73 Å². The molecule has 1 aliphatic carbocycles. The quantitative estimate of drug-likeness (QED) is 0.847. The van der Waals surface area contributed by atoms with E-state index in [0.717, 1.165) is 18.5 Å². The highest BCUT2D eigenvalue weighted by Crippen LogP contribution is 2.41. The minimum absolute atomic E-state index is 0.0929. The largest absolute Gasteiger partial charge is 0.324 e. The molecule has 2 heterocycles. The summed E-state index contributed by atoms with van der Waals surface area (Å²) in [7, 11) is 0. The Labute approximate surface area is 112 Å². The summed E-state index contributed by atoms with van der Waals surface area (Å²) in [4.78, 5) is 4.31. The minimum atomic E-state index is 0.0929. The molecule has 19 heavy (non-hydrogen) atoms. The molecule has 0 spiro atoms. The Bertz CT molecular complexity index is 600. The number of rotatable bonds is 1. The number of nitrogens with zero attached hydrogens (tertiary/aromatic N) is 4. The molecule has 3 rings (SSSR count). The molecular weight excluding hydrogens is 238 g/mol. The molecule has 0 aromatic carbocycles. The van der Waals surface area contributed by atoms with E-state index in [2.05, 4.69) is 46.6 Å². The molecule has 2 aromatic heterocycles. The van der Waals surface area contributed by atoms with Crippen molar-refractivity contribution in [3.05, 3.63) is 35.4 Å². The number of nitrogens with two attached hydrogens (primary N) is 1. The monoisotopic (exact) mass is 257 g/mol. The van der Waals surface area contributed by atoms with E-state index in [1.807, 2.05) is 0 Å². The molecule has 0 radical (unpaired) electrons. The predicted octanol–water partition coefficient (Wildman–Crippen LogP) is 1.94. The van der Waals surface area contributed by atoms with Crippen molar-refractivity contribution in [2.75, 3.05) is 0 Å². The van der Waals surface area contributed by atoms with Crippen LogP contribution in [-0.4, -0.2) is 19.7 Å². The third kappa shape index (κ3) is 2.04. The molecule has 0 amide bonds. The molecule has 0 saturated heterocycles. The van der Waals surface area contributed by atoms with Gasteiger partial charge in [-0.15, -0.1) is 5.10 Å². The van der Waals surface area contributed by atoms with Crippen LogP contribution >= 0.6 is 0 Å². The number of aryl methyl sites for hydroxylation is 1. The van der Waals surface area contributed by atoms with Crippen LogP contribution in [0, 0.1) is 12.3 Å². The number of hydrogen-bond donors (Lipinski definition) is 1. The summed E-state index contributed by atoms with van der Waals surface area (Å²) in [5.74, 6) is 0.631. The summed E-state index contributed by atoms with van der Waals surface area (Å²) < 4.78 is 2.09. The van der Waals surface area contributed by atoms with Crippen molar-refractivity contribution in [2.24, 2.45) is 11.1 Å². The van der Waals surface area contributed by atoms with Crippen molar-refractivity contribution in [3.8, 4) is 5.95 Å². The molecule has 0 fully saturated rings. The lowest BCUT2D eigenvalue weighted by molar-refractivity contribution is 0.278. The first kappa shape index (κ1) is 12.3. The van der Waals surface area contributed by atoms with Gasteiger partial charge in [0.05, 0.1) is 12.4 Å². The van der Waals surface area contributed by atoms with Crippen LogP contribution in [0.3, 0.4) is 0 Å². The second-order valence-electron chi connectivity index (χ2n) is 6.12. The van der Waals surface area contributed by atoms with Gasteiger partial charge in [-0.05, 0) is 36.8 Å². The molecule has 1 atom stereocenters. The van der Waals surface area contributed by atoms with E-state index < -0.39 is 0 Å². The van der Waals surface area contributed by atoms with Crippen LogP contribution in [0.2, 0.25) is 0 Å². The van der Waals surface area contributed by atoms with Crippen LogP contribution in [0.15, 0.2) is 18.5 Å². The van der Waals surface area contributed by atoms with Gasteiger partial charge in [0.2, 0.25) is 0 Å². The van der Waals surface area contributed by atoms with Gasteiger partial charge in [0.25, 0.3) is 5.95 Å². The first-order valence-corrected chi connectivity index (χ1v) is 6.59. The Morgan fingerprint density at radius 1 is 1.37 bits per heavy atom. The molecule has 0 saturated carbocycles. The van der Waals surface area contributed by atoms with Gasteiger partial charge in [0, 0.05) is 17.4 Å². The zero-order chi connectivity index (χ0) is 13.6. The minimum Gasteiger partial charge on any atom is -0.324 e. The number of fused-ring (bicyclic) bond motifs is 1. The second-order valence-corrected chi connectivity index (χ2v) is 6.12. The lowest BCUT2D eigenvalue weighted by Gasteiger charge is -2.34. The molecule has 5 nitrogen and oxygen atoms in total.